The summed E-state index contributed by atoms with van der Waals surface area (Å²) in [4.78, 5) is 37.9. The number of ketones is 1. The molecule has 0 atom stereocenters. The van der Waals surface area contributed by atoms with E-state index in [2.05, 4.69) is 0 Å². The summed E-state index contributed by atoms with van der Waals surface area (Å²) < 4.78 is 0. The van der Waals surface area contributed by atoms with Crippen molar-refractivity contribution >= 4 is 29.2 Å². The van der Waals surface area contributed by atoms with Gasteiger partial charge in [-0.1, -0.05) is 23.7 Å². The van der Waals surface area contributed by atoms with E-state index >= 15 is 0 Å². The Hall–Kier alpha value is -1.88. The van der Waals surface area contributed by atoms with Crippen molar-refractivity contribution in [1.82, 2.24) is 9.80 Å². The summed E-state index contributed by atoms with van der Waals surface area (Å²) in [7, 11) is 1.57. The number of piperazine rings is 1. The highest BCUT2D eigenvalue weighted by Crippen LogP contribution is 2.12. The van der Waals surface area contributed by atoms with Crippen molar-refractivity contribution in [1.29, 1.82) is 0 Å². The van der Waals surface area contributed by atoms with Gasteiger partial charge in [-0.3, -0.25) is 14.4 Å². The number of rotatable bonds is 3. The first kappa shape index (κ1) is 13.5. The van der Waals surface area contributed by atoms with Crippen LogP contribution in [0.25, 0.3) is 0 Å². The lowest BCUT2D eigenvalue weighted by molar-refractivity contribution is -0.148. The number of carbonyl (C=O) groups excluding carboxylic acids is 3. The predicted octanol–water partition coefficient (Wildman–Crippen LogP) is 0.823. The Bertz CT molecular complexity index is 544. The maximum absolute atomic E-state index is 12.0. The van der Waals surface area contributed by atoms with Gasteiger partial charge in [0.1, 0.15) is 6.54 Å². The van der Waals surface area contributed by atoms with E-state index in [-0.39, 0.29) is 37.2 Å². The van der Waals surface area contributed by atoms with Crippen molar-refractivity contribution in [2.75, 3.05) is 26.7 Å². The Morgan fingerprint density at radius 2 is 2.00 bits per heavy atom. The van der Waals surface area contributed by atoms with E-state index in [1.165, 1.54) is 9.80 Å². The minimum atomic E-state index is -0.229. The minimum Gasteiger partial charge on any atom is -0.335 e. The third-order valence-electron chi connectivity index (χ3n) is 2.96. The molecule has 1 saturated heterocycles. The molecule has 100 valence electrons. The number of likely N-dealkylation sites (N-methyl/N-ethyl adjacent to an activating group) is 1. The molecule has 5 nitrogen and oxygen atoms in total. The molecule has 19 heavy (non-hydrogen) atoms. The molecule has 1 aliphatic rings. The Labute approximate surface area is 115 Å². The number of carbonyl (C=O) groups is 3. The van der Waals surface area contributed by atoms with Gasteiger partial charge >= 0.3 is 0 Å². The first-order valence-electron chi connectivity index (χ1n) is 5.78. The molecule has 2 amide bonds. The van der Waals surface area contributed by atoms with Crippen LogP contribution in [0.1, 0.15) is 10.4 Å². The molecule has 0 spiro atoms. The fourth-order valence-electron chi connectivity index (χ4n) is 1.83. The number of halogens is 1. The zero-order chi connectivity index (χ0) is 14.0. The normalized spacial score (nSPS) is 15.9. The predicted molar refractivity (Wildman–Crippen MR) is 70.0 cm³/mol. The van der Waals surface area contributed by atoms with Gasteiger partial charge in [-0.25, -0.2) is 0 Å². The largest absolute Gasteiger partial charge is 0.335 e. The summed E-state index contributed by atoms with van der Waals surface area (Å²) in [5.41, 5.74) is 0.437. The van der Waals surface area contributed by atoms with E-state index in [0.29, 0.717) is 10.6 Å². The average Bonchev–Trinajstić information content (AvgIpc) is 2.36. The first-order chi connectivity index (χ1) is 8.97. The van der Waals surface area contributed by atoms with Gasteiger partial charge < -0.3 is 9.80 Å². The Morgan fingerprint density at radius 3 is 2.68 bits per heavy atom. The number of nitrogens with zero attached hydrogens (tertiary/aromatic N) is 2. The van der Waals surface area contributed by atoms with E-state index in [4.69, 9.17) is 11.6 Å². The van der Waals surface area contributed by atoms with Gasteiger partial charge in [-0.15, -0.1) is 0 Å². The molecule has 0 aliphatic carbocycles. The summed E-state index contributed by atoms with van der Waals surface area (Å²) in [6.45, 7) is -0.137. The second-order valence-electron chi connectivity index (χ2n) is 4.43. The zero-order valence-electron chi connectivity index (χ0n) is 10.4. The lowest BCUT2D eigenvalue weighted by Gasteiger charge is -2.31. The maximum atomic E-state index is 12.0. The molecule has 1 aliphatic heterocycles. The molecular formula is C13H13ClN2O3. The first-order valence-corrected chi connectivity index (χ1v) is 6.15. The van der Waals surface area contributed by atoms with E-state index < -0.39 is 0 Å². The SMILES string of the molecule is CN1CC(=O)N(CC(=O)c2cccc(Cl)c2)CC1=O. The van der Waals surface area contributed by atoms with Gasteiger partial charge in [-0.05, 0) is 12.1 Å². The van der Waals surface area contributed by atoms with Crippen LogP contribution in [0.2, 0.25) is 5.02 Å². The standard InChI is InChI=1S/C13H13ClN2O3/c1-15-7-13(19)16(8-12(15)18)6-11(17)9-3-2-4-10(14)5-9/h2-5H,6-8H2,1H3. The van der Waals surface area contributed by atoms with Crippen LogP contribution in [0.3, 0.4) is 0 Å². The van der Waals surface area contributed by atoms with Gasteiger partial charge in [0, 0.05) is 17.6 Å². The third kappa shape index (κ3) is 3.12. The second kappa shape index (κ2) is 5.40. The fraction of sp³-hybridized carbons (Fsp3) is 0.308. The van der Waals surface area contributed by atoms with Crippen LogP contribution in [-0.4, -0.2) is 54.1 Å². The number of amides is 2. The monoisotopic (exact) mass is 280 g/mol. The second-order valence-corrected chi connectivity index (χ2v) is 4.87. The smallest absolute Gasteiger partial charge is 0.243 e. The van der Waals surface area contributed by atoms with Gasteiger partial charge in [0.05, 0.1) is 13.1 Å². The molecule has 0 unspecified atom stereocenters. The quantitative estimate of drug-likeness (QED) is 0.771. The number of hydrogen-bond donors (Lipinski definition) is 0. The molecule has 0 N–H and O–H groups in total. The van der Waals surface area contributed by atoms with Crippen molar-refractivity contribution in [2.45, 2.75) is 0 Å². The highest BCUT2D eigenvalue weighted by atomic mass is 35.5. The number of benzene rings is 1. The molecule has 1 aromatic rings. The minimum absolute atomic E-state index is 0.0155. The van der Waals surface area contributed by atoms with Crippen LogP contribution >= 0.6 is 11.6 Å². The van der Waals surface area contributed by atoms with Crippen LogP contribution in [0, 0.1) is 0 Å². The Kier molecular flexibility index (Phi) is 3.85. The van der Waals surface area contributed by atoms with Gasteiger partial charge in [0.15, 0.2) is 5.78 Å². The third-order valence-corrected chi connectivity index (χ3v) is 3.19. The molecule has 1 aromatic carbocycles. The number of Topliss-reactive ketones (excluding diaryl/α,β-unsaturated/α-hetero) is 1. The van der Waals surface area contributed by atoms with Crippen molar-refractivity contribution in [3.05, 3.63) is 34.9 Å². The molecule has 0 bridgehead atoms. The Balaban J connectivity index is 2.07. The van der Waals surface area contributed by atoms with E-state index in [9.17, 15) is 14.4 Å². The summed E-state index contributed by atoms with van der Waals surface area (Å²) in [6, 6.07) is 6.53. The molecule has 1 heterocycles. The lowest BCUT2D eigenvalue weighted by atomic mass is 10.1. The molecule has 6 heteroatoms. The van der Waals surface area contributed by atoms with E-state index in [1.54, 1.807) is 31.3 Å². The fourth-order valence-corrected chi connectivity index (χ4v) is 2.02. The molecule has 0 aromatic heterocycles. The van der Waals surface area contributed by atoms with Crippen molar-refractivity contribution in [3.63, 3.8) is 0 Å². The van der Waals surface area contributed by atoms with Crippen molar-refractivity contribution in [2.24, 2.45) is 0 Å². The molecule has 1 fully saturated rings. The molecule has 0 saturated carbocycles. The lowest BCUT2D eigenvalue weighted by Crippen LogP contribution is -2.53. The van der Waals surface area contributed by atoms with E-state index in [0.717, 1.165) is 0 Å². The van der Waals surface area contributed by atoms with Crippen LogP contribution in [0.5, 0.6) is 0 Å². The van der Waals surface area contributed by atoms with E-state index in [1.807, 2.05) is 0 Å². The van der Waals surface area contributed by atoms with Crippen LogP contribution in [0.4, 0.5) is 0 Å². The summed E-state index contributed by atoms with van der Waals surface area (Å²) in [5, 5.41) is 0.464. The zero-order valence-corrected chi connectivity index (χ0v) is 11.2. The van der Waals surface area contributed by atoms with Gasteiger partial charge in [0.25, 0.3) is 0 Å². The van der Waals surface area contributed by atoms with Crippen molar-refractivity contribution in [3.8, 4) is 0 Å². The average molecular weight is 281 g/mol. The molecule has 0 radical (unpaired) electrons. The van der Waals surface area contributed by atoms with Crippen molar-refractivity contribution < 1.29 is 14.4 Å². The van der Waals surface area contributed by atoms with Crippen LogP contribution < -0.4 is 0 Å². The van der Waals surface area contributed by atoms with Gasteiger partial charge in [-0.2, -0.15) is 0 Å². The highest BCUT2D eigenvalue weighted by Gasteiger charge is 2.28. The van der Waals surface area contributed by atoms with Crippen LogP contribution in [-0.2, 0) is 9.59 Å². The highest BCUT2D eigenvalue weighted by molar-refractivity contribution is 6.31. The maximum Gasteiger partial charge on any atom is 0.243 e. The van der Waals surface area contributed by atoms with Gasteiger partial charge in [0.2, 0.25) is 11.8 Å². The molecular weight excluding hydrogens is 268 g/mol. The molecule has 2 rings (SSSR count). The summed E-state index contributed by atoms with van der Waals surface area (Å²) >= 11 is 5.81. The van der Waals surface area contributed by atoms with Crippen LogP contribution in [0.15, 0.2) is 24.3 Å². The topological polar surface area (TPSA) is 57.7 Å². The Morgan fingerprint density at radius 1 is 1.26 bits per heavy atom. The summed E-state index contributed by atoms with van der Waals surface area (Å²) in [5.74, 6) is -0.621. The summed E-state index contributed by atoms with van der Waals surface area (Å²) in [6.07, 6.45) is 0. The number of hydrogen-bond acceptors (Lipinski definition) is 3.